The minimum Gasteiger partial charge on any atom is -0.341 e. The Labute approximate surface area is 152 Å². The second kappa shape index (κ2) is 7.95. The second-order valence-electron chi connectivity index (χ2n) is 6.36. The van der Waals surface area contributed by atoms with E-state index in [1.54, 1.807) is 11.0 Å². The zero-order chi connectivity index (χ0) is 18.5. The summed E-state index contributed by atoms with van der Waals surface area (Å²) in [5, 5.41) is 0.549. The molecule has 26 heavy (non-hydrogen) atoms. The largest absolute Gasteiger partial charge is 0.341 e. The first-order valence-corrected chi connectivity index (χ1v) is 8.86. The molecule has 0 saturated carbocycles. The van der Waals surface area contributed by atoms with Gasteiger partial charge in [-0.3, -0.25) is 14.2 Å². The average Bonchev–Trinajstić information content (AvgIpc) is 2.66. The molecule has 0 radical (unpaired) electrons. The van der Waals surface area contributed by atoms with Crippen LogP contribution in [-0.4, -0.2) is 33.4 Å². The minimum atomic E-state index is -0.175. The molecule has 134 valence electrons. The number of carbonyl (C=O) groups is 1. The summed E-state index contributed by atoms with van der Waals surface area (Å²) in [6.45, 7) is 5.13. The van der Waals surface area contributed by atoms with Crippen molar-refractivity contribution in [3.8, 4) is 0 Å². The third-order valence-electron chi connectivity index (χ3n) is 4.61. The van der Waals surface area contributed by atoms with Gasteiger partial charge in [-0.1, -0.05) is 42.5 Å². The van der Waals surface area contributed by atoms with Crippen LogP contribution < -0.4 is 5.56 Å². The molecular weight excluding hydrogens is 326 g/mol. The SMILES string of the molecule is CCN(CCc1ccccc1)C(=O)Cn1cnc2c(C)cccc2c1=O. The molecule has 0 saturated heterocycles. The van der Waals surface area contributed by atoms with Gasteiger partial charge in [0.05, 0.1) is 17.2 Å². The lowest BCUT2D eigenvalue weighted by Gasteiger charge is -2.21. The number of aromatic nitrogens is 2. The number of aryl methyl sites for hydroxylation is 1. The molecular formula is C21H23N3O2. The van der Waals surface area contributed by atoms with E-state index in [1.165, 1.54) is 16.5 Å². The first kappa shape index (κ1) is 17.9. The number of fused-ring (bicyclic) bond motifs is 1. The molecule has 0 atom stereocenters. The quantitative estimate of drug-likeness (QED) is 0.688. The second-order valence-corrected chi connectivity index (χ2v) is 6.36. The van der Waals surface area contributed by atoms with Crippen LogP contribution in [0.25, 0.3) is 10.9 Å². The molecule has 0 N–H and O–H groups in total. The smallest absolute Gasteiger partial charge is 0.261 e. The first-order valence-electron chi connectivity index (χ1n) is 8.86. The highest BCUT2D eigenvalue weighted by molar-refractivity contribution is 5.81. The summed E-state index contributed by atoms with van der Waals surface area (Å²) in [5.41, 5.74) is 2.67. The lowest BCUT2D eigenvalue weighted by Crippen LogP contribution is -2.37. The van der Waals surface area contributed by atoms with Gasteiger partial charge >= 0.3 is 0 Å². The number of rotatable bonds is 6. The Morgan fingerprint density at radius 1 is 1.12 bits per heavy atom. The Morgan fingerprint density at radius 2 is 1.88 bits per heavy atom. The fourth-order valence-corrected chi connectivity index (χ4v) is 3.06. The first-order chi connectivity index (χ1) is 12.6. The molecule has 0 bridgehead atoms. The maximum absolute atomic E-state index is 12.7. The Hall–Kier alpha value is -2.95. The van der Waals surface area contributed by atoms with Gasteiger partial charge in [0, 0.05) is 13.1 Å². The molecule has 1 amide bonds. The van der Waals surface area contributed by atoms with Crippen LogP contribution in [0.3, 0.4) is 0 Å². The summed E-state index contributed by atoms with van der Waals surface area (Å²) in [5.74, 6) is -0.0701. The van der Waals surface area contributed by atoms with Crippen molar-refractivity contribution >= 4 is 16.8 Å². The highest BCUT2D eigenvalue weighted by Gasteiger charge is 2.14. The molecule has 5 nitrogen and oxygen atoms in total. The summed E-state index contributed by atoms with van der Waals surface area (Å²) in [6, 6.07) is 15.6. The van der Waals surface area contributed by atoms with Crippen LogP contribution in [0.15, 0.2) is 59.7 Å². The standard InChI is InChI=1S/C21H23N3O2/c1-3-23(13-12-17-9-5-4-6-10-17)19(25)14-24-15-22-20-16(2)8-7-11-18(20)21(24)26/h4-11,15H,3,12-14H2,1-2H3. The molecule has 3 aromatic rings. The van der Waals surface area contributed by atoms with Gasteiger partial charge in [0.15, 0.2) is 0 Å². The van der Waals surface area contributed by atoms with Crippen molar-refractivity contribution in [3.05, 3.63) is 76.3 Å². The van der Waals surface area contributed by atoms with Crippen molar-refractivity contribution < 1.29 is 4.79 Å². The monoisotopic (exact) mass is 349 g/mol. The van der Waals surface area contributed by atoms with Crippen LogP contribution in [0, 0.1) is 6.92 Å². The van der Waals surface area contributed by atoms with Crippen LogP contribution >= 0.6 is 0 Å². The van der Waals surface area contributed by atoms with Crippen LogP contribution in [0.2, 0.25) is 0 Å². The molecule has 5 heteroatoms. The Morgan fingerprint density at radius 3 is 2.62 bits per heavy atom. The van der Waals surface area contributed by atoms with Crippen LogP contribution in [0.5, 0.6) is 0 Å². The molecule has 0 aliphatic carbocycles. The number of benzene rings is 2. The van der Waals surface area contributed by atoms with Crippen molar-refractivity contribution in [2.24, 2.45) is 0 Å². The van der Waals surface area contributed by atoms with Crippen molar-refractivity contribution in [2.75, 3.05) is 13.1 Å². The van der Waals surface area contributed by atoms with E-state index >= 15 is 0 Å². The van der Waals surface area contributed by atoms with E-state index in [9.17, 15) is 9.59 Å². The molecule has 0 spiro atoms. The summed E-state index contributed by atoms with van der Waals surface area (Å²) in [6.07, 6.45) is 2.27. The van der Waals surface area contributed by atoms with E-state index in [-0.39, 0.29) is 18.0 Å². The Balaban J connectivity index is 1.74. The normalized spacial score (nSPS) is 10.8. The van der Waals surface area contributed by atoms with Gasteiger partial charge in [-0.2, -0.15) is 0 Å². The fourth-order valence-electron chi connectivity index (χ4n) is 3.06. The van der Waals surface area contributed by atoms with Crippen LogP contribution in [0.4, 0.5) is 0 Å². The van der Waals surface area contributed by atoms with Gasteiger partial charge in [-0.05, 0) is 37.5 Å². The molecule has 1 aromatic heterocycles. The average molecular weight is 349 g/mol. The van der Waals surface area contributed by atoms with Gasteiger partial charge in [-0.15, -0.1) is 0 Å². The van der Waals surface area contributed by atoms with E-state index in [4.69, 9.17) is 0 Å². The summed E-state index contributed by atoms with van der Waals surface area (Å²) >= 11 is 0. The highest BCUT2D eigenvalue weighted by atomic mass is 16.2. The van der Waals surface area contributed by atoms with Crippen molar-refractivity contribution in [2.45, 2.75) is 26.8 Å². The van der Waals surface area contributed by atoms with Gasteiger partial charge in [0.2, 0.25) is 5.91 Å². The van der Waals surface area contributed by atoms with E-state index in [0.717, 1.165) is 12.0 Å². The van der Waals surface area contributed by atoms with Crippen LogP contribution in [0.1, 0.15) is 18.1 Å². The fraction of sp³-hybridized carbons (Fsp3) is 0.286. The molecule has 0 aliphatic heterocycles. The summed E-state index contributed by atoms with van der Waals surface area (Å²) in [7, 11) is 0. The molecule has 0 fully saturated rings. The summed E-state index contributed by atoms with van der Waals surface area (Å²) < 4.78 is 1.40. The Kier molecular flexibility index (Phi) is 5.46. The zero-order valence-electron chi connectivity index (χ0n) is 15.2. The molecule has 0 unspecified atom stereocenters. The zero-order valence-corrected chi connectivity index (χ0v) is 15.2. The maximum atomic E-state index is 12.7. The summed E-state index contributed by atoms with van der Waals surface area (Å²) in [4.78, 5) is 31.5. The topological polar surface area (TPSA) is 55.2 Å². The van der Waals surface area contributed by atoms with E-state index in [0.29, 0.717) is 24.0 Å². The van der Waals surface area contributed by atoms with E-state index < -0.39 is 0 Å². The number of para-hydroxylation sites is 1. The number of carbonyl (C=O) groups excluding carboxylic acids is 1. The van der Waals surface area contributed by atoms with Crippen LogP contribution in [-0.2, 0) is 17.8 Å². The minimum absolute atomic E-state index is 0.0122. The molecule has 2 aromatic carbocycles. The molecule has 3 rings (SSSR count). The third kappa shape index (κ3) is 3.82. The van der Waals surface area contributed by atoms with Crippen molar-refractivity contribution in [1.29, 1.82) is 0 Å². The third-order valence-corrected chi connectivity index (χ3v) is 4.61. The van der Waals surface area contributed by atoms with Gasteiger partial charge in [0.25, 0.3) is 5.56 Å². The predicted molar refractivity (Wildman–Crippen MR) is 103 cm³/mol. The van der Waals surface area contributed by atoms with E-state index in [1.807, 2.05) is 44.2 Å². The number of hydrogen-bond acceptors (Lipinski definition) is 3. The number of nitrogens with zero attached hydrogens (tertiary/aromatic N) is 3. The predicted octanol–water partition coefficient (Wildman–Crippen LogP) is 2.80. The van der Waals surface area contributed by atoms with Crippen molar-refractivity contribution in [3.63, 3.8) is 0 Å². The van der Waals surface area contributed by atoms with Gasteiger partial charge < -0.3 is 4.90 Å². The van der Waals surface area contributed by atoms with Gasteiger partial charge in [-0.25, -0.2) is 4.98 Å². The van der Waals surface area contributed by atoms with Gasteiger partial charge in [0.1, 0.15) is 6.54 Å². The molecule has 1 heterocycles. The Bertz CT molecular complexity index is 964. The lowest BCUT2D eigenvalue weighted by atomic mass is 10.1. The van der Waals surface area contributed by atoms with E-state index in [2.05, 4.69) is 17.1 Å². The molecule has 0 aliphatic rings. The maximum Gasteiger partial charge on any atom is 0.261 e. The van der Waals surface area contributed by atoms with Crippen molar-refractivity contribution in [1.82, 2.24) is 14.5 Å². The number of amides is 1. The lowest BCUT2D eigenvalue weighted by molar-refractivity contribution is -0.131. The highest BCUT2D eigenvalue weighted by Crippen LogP contribution is 2.11. The number of hydrogen-bond donors (Lipinski definition) is 0. The number of likely N-dealkylation sites (N-methyl/N-ethyl adjacent to an activating group) is 1.